The third-order valence-corrected chi connectivity index (χ3v) is 5.51. The number of benzene rings is 1. The van der Waals surface area contributed by atoms with Gasteiger partial charge >= 0.3 is 5.97 Å². The number of ether oxygens (including phenoxy) is 1. The molecule has 0 saturated carbocycles. The van der Waals surface area contributed by atoms with Crippen LogP contribution < -0.4 is 0 Å². The lowest BCUT2D eigenvalue weighted by Crippen LogP contribution is -2.46. The summed E-state index contributed by atoms with van der Waals surface area (Å²) < 4.78 is 5.44. The van der Waals surface area contributed by atoms with Gasteiger partial charge < -0.3 is 14.7 Å². The summed E-state index contributed by atoms with van der Waals surface area (Å²) in [4.78, 5) is 26.2. The molecule has 0 aliphatic carbocycles. The van der Waals surface area contributed by atoms with Crippen LogP contribution in [0.3, 0.4) is 0 Å². The predicted octanol–water partition coefficient (Wildman–Crippen LogP) is 2.72. The summed E-state index contributed by atoms with van der Waals surface area (Å²) in [5.41, 5.74) is 2.23. The highest BCUT2D eigenvalue weighted by Crippen LogP contribution is 2.34. The molecule has 0 radical (unpaired) electrons. The van der Waals surface area contributed by atoms with E-state index < -0.39 is 11.4 Å². The van der Waals surface area contributed by atoms with Gasteiger partial charge in [0, 0.05) is 18.7 Å². The number of hydrogen-bond acceptors (Lipinski definition) is 3. The fraction of sp³-hybridized carbons (Fsp3) is 0.579. The molecule has 3 rings (SSSR count). The quantitative estimate of drug-likeness (QED) is 0.925. The first-order valence-electron chi connectivity index (χ1n) is 8.62. The first kappa shape index (κ1) is 17.0. The van der Waals surface area contributed by atoms with Crippen LogP contribution >= 0.6 is 0 Å². The Labute approximate surface area is 142 Å². The molecular formula is C19H25NO4. The molecule has 24 heavy (non-hydrogen) atoms. The van der Waals surface area contributed by atoms with Crippen molar-refractivity contribution >= 4 is 11.9 Å². The van der Waals surface area contributed by atoms with Crippen LogP contribution in [-0.4, -0.2) is 41.6 Å². The monoisotopic (exact) mass is 331 g/mol. The summed E-state index contributed by atoms with van der Waals surface area (Å²) in [5.74, 6) is -0.801. The predicted molar refractivity (Wildman–Crippen MR) is 89.8 cm³/mol. The maximum atomic E-state index is 12.9. The summed E-state index contributed by atoms with van der Waals surface area (Å²) in [7, 11) is 0. The van der Waals surface area contributed by atoms with Gasteiger partial charge in [-0.15, -0.1) is 0 Å². The molecular weight excluding hydrogens is 306 g/mol. The Morgan fingerprint density at radius 2 is 2.08 bits per heavy atom. The van der Waals surface area contributed by atoms with Gasteiger partial charge in [-0.3, -0.25) is 9.59 Å². The van der Waals surface area contributed by atoms with Crippen LogP contribution in [0.1, 0.15) is 48.2 Å². The average molecular weight is 331 g/mol. The Morgan fingerprint density at radius 1 is 1.29 bits per heavy atom. The van der Waals surface area contributed by atoms with Crippen LogP contribution in [0, 0.1) is 11.3 Å². The van der Waals surface area contributed by atoms with Gasteiger partial charge in [0.05, 0.1) is 18.6 Å². The van der Waals surface area contributed by atoms with Crippen LogP contribution in [0.2, 0.25) is 0 Å². The summed E-state index contributed by atoms with van der Waals surface area (Å²) in [6, 6.07) is 5.82. The number of aliphatic carboxylic acids is 1. The largest absolute Gasteiger partial charge is 0.481 e. The number of amides is 1. The zero-order valence-corrected chi connectivity index (χ0v) is 14.4. The van der Waals surface area contributed by atoms with Crippen molar-refractivity contribution in [2.75, 3.05) is 19.7 Å². The van der Waals surface area contributed by atoms with E-state index in [2.05, 4.69) is 0 Å². The van der Waals surface area contributed by atoms with Gasteiger partial charge in [-0.1, -0.05) is 6.07 Å². The number of carboxylic acid groups (broad SMARTS) is 1. The van der Waals surface area contributed by atoms with Crippen molar-refractivity contribution in [1.29, 1.82) is 0 Å². The number of hydrogen-bond donors (Lipinski definition) is 1. The standard InChI is InChI=1S/C19H25NO4/c1-19(2,18(22)23)16-4-3-8-20(11-16)17(21)14-5-6-15-12-24-9-7-13(15)10-14/h5-6,10,16H,3-4,7-9,11-12H2,1-2H3,(H,22,23). The van der Waals surface area contributed by atoms with Crippen molar-refractivity contribution in [2.45, 2.75) is 39.7 Å². The Hall–Kier alpha value is -1.88. The summed E-state index contributed by atoms with van der Waals surface area (Å²) >= 11 is 0. The second kappa shape index (κ2) is 6.55. The fourth-order valence-electron chi connectivity index (χ4n) is 3.60. The van der Waals surface area contributed by atoms with Gasteiger partial charge in [-0.25, -0.2) is 0 Å². The number of nitrogens with zero attached hydrogens (tertiary/aromatic N) is 1. The maximum absolute atomic E-state index is 12.9. The molecule has 5 nitrogen and oxygen atoms in total. The van der Waals surface area contributed by atoms with Gasteiger partial charge in [0.1, 0.15) is 0 Å². The van der Waals surface area contributed by atoms with Crippen molar-refractivity contribution < 1.29 is 19.4 Å². The highest BCUT2D eigenvalue weighted by Gasteiger charge is 2.40. The minimum Gasteiger partial charge on any atom is -0.481 e. The third-order valence-electron chi connectivity index (χ3n) is 5.51. The molecule has 1 fully saturated rings. The van der Waals surface area contributed by atoms with Crippen molar-refractivity contribution in [3.8, 4) is 0 Å². The zero-order chi connectivity index (χ0) is 17.3. The van der Waals surface area contributed by atoms with E-state index in [0.717, 1.165) is 24.8 Å². The van der Waals surface area contributed by atoms with E-state index in [1.165, 1.54) is 5.56 Å². The lowest BCUT2D eigenvalue weighted by atomic mass is 9.74. The normalized spacial score (nSPS) is 21.2. The molecule has 2 aliphatic rings. The second-order valence-electron chi connectivity index (χ2n) is 7.40. The minimum absolute atomic E-state index is 0.00943. The minimum atomic E-state index is -0.813. The number of likely N-dealkylation sites (tertiary alicyclic amines) is 1. The molecule has 1 aromatic rings. The highest BCUT2D eigenvalue weighted by molar-refractivity contribution is 5.94. The molecule has 5 heteroatoms. The second-order valence-corrected chi connectivity index (χ2v) is 7.40. The Balaban J connectivity index is 1.76. The molecule has 1 unspecified atom stereocenters. The van der Waals surface area contributed by atoms with Crippen molar-refractivity contribution in [2.24, 2.45) is 11.3 Å². The summed E-state index contributed by atoms with van der Waals surface area (Å²) in [5, 5.41) is 9.45. The molecule has 0 spiro atoms. The Morgan fingerprint density at radius 3 is 2.83 bits per heavy atom. The van der Waals surface area contributed by atoms with Gasteiger partial charge in [-0.05, 0) is 62.3 Å². The SMILES string of the molecule is CC(C)(C(=O)O)C1CCCN(C(=O)c2ccc3c(c2)CCOC3)C1. The van der Waals surface area contributed by atoms with Crippen molar-refractivity contribution in [3.63, 3.8) is 0 Å². The van der Waals surface area contributed by atoms with Crippen molar-refractivity contribution in [3.05, 3.63) is 34.9 Å². The lowest BCUT2D eigenvalue weighted by Gasteiger charge is -2.39. The smallest absolute Gasteiger partial charge is 0.309 e. The number of piperidine rings is 1. The van der Waals surface area contributed by atoms with E-state index in [1.54, 1.807) is 13.8 Å². The molecule has 130 valence electrons. The van der Waals surface area contributed by atoms with E-state index in [-0.39, 0.29) is 11.8 Å². The van der Waals surface area contributed by atoms with Gasteiger partial charge in [0.15, 0.2) is 0 Å². The molecule has 1 N–H and O–H groups in total. The topological polar surface area (TPSA) is 66.8 Å². The summed E-state index contributed by atoms with van der Waals surface area (Å²) in [6.45, 7) is 6.04. The van der Waals surface area contributed by atoms with Crippen LogP contribution in [0.25, 0.3) is 0 Å². The number of rotatable bonds is 3. The zero-order valence-electron chi connectivity index (χ0n) is 14.4. The highest BCUT2D eigenvalue weighted by atomic mass is 16.5. The average Bonchev–Trinajstić information content (AvgIpc) is 2.60. The third kappa shape index (κ3) is 3.18. The van der Waals surface area contributed by atoms with E-state index in [0.29, 0.717) is 31.9 Å². The fourth-order valence-corrected chi connectivity index (χ4v) is 3.60. The van der Waals surface area contributed by atoms with Gasteiger partial charge in [-0.2, -0.15) is 0 Å². The van der Waals surface area contributed by atoms with Gasteiger partial charge in [0.25, 0.3) is 5.91 Å². The van der Waals surface area contributed by atoms with E-state index in [9.17, 15) is 14.7 Å². The van der Waals surface area contributed by atoms with E-state index in [1.807, 2.05) is 23.1 Å². The van der Waals surface area contributed by atoms with E-state index in [4.69, 9.17) is 4.74 Å². The van der Waals surface area contributed by atoms with Crippen LogP contribution in [0.4, 0.5) is 0 Å². The molecule has 1 amide bonds. The summed E-state index contributed by atoms with van der Waals surface area (Å²) in [6.07, 6.45) is 2.54. The molecule has 2 heterocycles. The number of carboxylic acids is 1. The first-order chi connectivity index (χ1) is 11.4. The molecule has 1 saturated heterocycles. The molecule has 1 aromatic carbocycles. The number of carbonyl (C=O) groups is 2. The van der Waals surface area contributed by atoms with Crippen LogP contribution in [0.15, 0.2) is 18.2 Å². The van der Waals surface area contributed by atoms with Crippen LogP contribution in [0.5, 0.6) is 0 Å². The first-order valence-corrected chi connectivity index (χ1v) is 8.62. The Kier molecular flexibility index (Phi) is 4.63. The van der Waals surface area contributed by atoms with Crippen LogP contribution in [-0.2, 0) is 22.6 Å². The van der Waals surface area contributed by atoms with Crippen molar-refractivity contribution in [1.82, 2.24) is 4.90 Å². The molecule has 2 aliphatic heterocycles. The number of carbonyl (C=O) groups excluding carboxylic acids is 1. The number of fused-ring (bicyclic) bond motifs is 1. The molecule has 1 atom stereocenters. The van der Waals surface area contributed by atoms with Gasteiger partial charge in [0.2, 0.25) is 0 Å². The Bertz CT molecular complexity index is 653. The maximum Gasteiger partial charge on any atom is 0.309 e. The molecule has 0 bridgehead atoms. The molecule has 0 aromatic heterocycles. The van der Waals surface area contributed by atoms with E-state index >= 15 is 0 Å². The lowest BCUT2D eigenvalue weighted by molar-refractivity contribution is -0.151.